The summed E-state index contributed by atoms with van der Waals surface area (Å²) >= 11 is 3.47. The Labute approximate surface area is 120 Å². The fourth-order valence-corrected chi connectivity index (χ4v) is 2.78. The number of rotatable bonds is 6. The molecule has 1 aromatic rings. The van der Waals surface area contributed by atoms with Gasteiger partial charge in [-0.15, -0.1) is 0 Å². The second-order valence-corrected chi connectivity index (χ2v) is 5.55. The molecule has 19 heavy (non-hydrogen) atoms. The lowest BCUT2D eigenvalue weighted by Gasteiger charge is -2.15. The van der Waals surface area contributed by atoms with Crippen LogP contribution in [0.3, 0.4) is 0 Å². The number of aliphatic carboxylic acids is 1. The Morgan fingerprint density at radius 1 is 1.32 bits per heavy atom. The molecule has 5 heteroatoms. The van der Waals surface area contributed by atoms with Crippen molar-refractivity contribution in [3.8, 4) is 0 Å². The first-order chi connectivity index (χ1) is 9.09. The van der Waals surface area contributed by atoms with Crippen LogP contribution in [0.25, 0.3) is 0 Å². The summed E-state index contributed by atoms with van der Waals surface area (Å²) in [5.74, 6) is -0.678. The standard InChI is InChI=1S/C14H16BrNO3/c15-12-6-4-5-10-11(12)9-16(14(10)19)8-3-1-2-7-13(17)18/h4-6H,1-3,7-9H2,(H,17,18). The number of carboxylic acid groups (broad SMARTS) is 1. The van der Waals surface area contributed by atoms with Crippen molar-refractivity contribution >= 4 is 27.8 Å². The number of fused-ring (bicyclic) bond motifs is 1. The molecule has 0 aliphatic carbocycles. The van der Waals surface area contributed by atoms with Crippen LogP contribution in [0.15, 0.2) is 22.7 Å². The first kappa shape index (κ1) is 14.1. The Bertz CT molecular complexity index is 501. The molecule has 0 saturated heterocycles. The highest BCUT2D eigenvalue weighted by molar-refractivity contribution is 9.10. The summed E-state index contributed by atoms with van der Waals surface area (Å²) in [6.07, 6.45) is 2.58. The number of unbranched alkanes of at least 4 members (excludes halogenated alkanes) is 2. The van der Waals surface area contributed by atoms with Crippen molar-refractivity contribution in [3.05, 3.63) is 33.8 Å². The van der Waals surface area contributed by atoms with Gasteiger partial charge in [-0.05, 0) is 30.5 Å². The van der Waals surface area contributed by atoms with Crippen molar-refractivity contribution in [1.82, 2.24) is 4.90 Å². The van der Waals surface area contributed by atoms with Crippen molar-refractivity contribution in [2.75, 3.05) is 6.54 Å². The molecule has 0 saturated carbocycles. The molecule has 102 valence electrons. The lowest BCUT2D eigenvalue weighted by Crippen LogP contribution is -2.24. The van der Waals surface area contributed by atoms with Crippen LogP contribution in [0, 0.1) is 0 Å². The van der Waals surface area contributed by atoms with Gasteiger partial charge in [-0.3, -0.25) is 9.59 Å². The van der Waals surface area contributed by atoms with Crippen molar-refractivity contribution in [2.45, 2.75) is 32.2 Å². The molecule has 1 aromatic carbocycles. The van der Waals surface area contributed by atoms with E-state index in [0.29, 0.717) is 19.5 Å². The van der Waals surface area contributed by atoms with Gasteiger partial charge in [-0.25, -0.2) is 0 Å². The third kappa shape index (κ3) is 3.35. The fraction of sp³-hybridized carbons (Fsp3) is 0.429. The van der Waals surface area contributed by atoms with Gasteiger partial charge in [0.05, 0.1) is 0 Å². The normalized spacial score (nSPS) is 13.7. The van der Waals surface area contributed by atoms with Gasteiger partial charge in [0.2, 0.25) is 0 Å². The molecule has 0 spiro atoms. The van der Waals surface area contributed by atoms with Crippen molar-refractivity contribution in [2.24, 2.45) is 0 Å². The van der Waals surface area contributed by atoms with E-state index >= 15 is 0 Å². The average Bonchev–Trinajstić information content (AvgIpc) is 2.68. The van der Waals surface area contributed by atoms with Crippen LogP contribution in [0.2, 0.25) is 0 Å². The minimum absolute atomic E-state index is 0.0783. The maximum absolute atomic E-state index is 12.1. The Morgan fingerprint density at radius 2 is 2.11 bits per heavy atom. The molecule has 0 atom stereocenters. The summed E-state index contributed by atoms with van der Waals surface area (Å²) in [5.41, 5.74) is 1.83. The second kappa shape index (κ2) is 6.19. The topological polar surface area (TPSA) is 57.6 Å². The molecule has 1 N–H and O–H groups in total. The number of hydrogen-bond acceptors (Lipinski definition) is 2. The van der Waals surface area contributed by atoms with E-state index in [0.717, 1.165) is 28.4 Å². The smallest absolute Gasteiger partial charge is 0.303 e. The highest BCUT2D eigenvalue weighted by Gasteiger charge is 2.27. The van der Waals surface area contributed by atoms with Gasteiger partial charge in [0.1, 0.15) is 0 Å². The first-order valence-electron chi connectivity index (χ1n) is 6.38. The van der Waals surface area contributed by atoms with E-state index in [9.17, 15) is 9.59 Å². The molecule has 0 fully saturated rings. The number of carbonyl (C=O) groups excluding carboxylic acids is 1. The molecule has 0 unspecified atom stereocenters. The van der Waals surface area contributed by atoms with Crippen molar-refractivity contribution < 1.29 is 14.7 Å². The van der Waals surface area contributed by atoms with Crippen LogP contribution in [-0.2, 0) is 11.3 Å². The van der Waals surface area contributed by atoms with Gasteiger partial charge in [-0.1, -0.05) is 28.4 Å². The number of benzene rings is 1. The predicted molar refractivity (Wildman–Crippen MR) is 75.0 cm³/mol. The van der Waals surface area contributed by atoms with Crippen LogP contribution >= 0.6 is 15.9 Å². The number of amides is 1. The number of halogens is 1. The summed E-state index contributed by atoms with van der Waals surface area (Å²) in [7, 11) is 0. The van der Waals surface area contributed by atoms with Gasteiger partial charge < -0.3 is 10.0 Å². The second-order valence-electron chi connectivity index (χ2n) is 4.70. The van der Waals surface area contributed by atoms with E-state index in [2.05, 4.69) is 15.9 Å². The number of carbonyl (C=O) groups is 2. The molecule has 0 radical (unpaired) electrons. The maximum Gasteiger partial charge on any atom is 0.303 e. The molecule has 1 aliphatic heterocycles. The van der Waals surface area contributed by atoms with Crippen LogP contribution in [0.4, 0.5) is 0 Å². The summed E-state index contributed by atoms with van der Waals surface area (Å²) in [6, 6.07) is 5.67. The quantitative estimate of drug-likeness (QED) is 0.818. The van der Waals surface area contributed by atoms with E-state index in [-0.39, 0.29) is 12.3 Å². The SMILES string of the molecule is O=C(O)CCCCCN1Cc2c(Br)cccc2C1=O. The van der Waals surface area contributed by atoms with Gasteiger partial charge in [0.25, 0.3) is 5.91 Å². The molecular formula is C14H16BrNO3. The van der Waals surface area contributed by atoms with E-state index in [1.807, 2.05) is 23.1 Å². The molecule has 0 bridgehead atoms. The third-order valence-electron chi connectivity index (χ3n) is 3.30. The van der Waals surface area contributed by atoms with Gasteiger partial charge >= 0.3 is 5.97 Å². The first-order valence-corrected chi connectivity index (χ1v) is 7.17. The lowest BCUT2D eigenvalue weighted by atomic mass is 10.1. The Morgan fingerprint density at radius 3 is 2.79 bits per heavy atom. The Balaban J connectivity index is 1.83. The maximum atomic E-state index is 12.1. The van der Waals surface area contributed by atoms with Crippen molar-refractivity contribution in [3.63, 3.8) is 0 Å². The van der Waals surface area contributed by atoms with E-state index in [1.54, 1.807) is 0 Å². The minimum atomic E-state index is -0.756. The molecule has 0 aromatic heterocycles. The largest absolute Gasteiger partial charge is 0.481 e. The van der Waals surface area contributed by atoms with Crippen LogP contribution in [0.5, 0.6) is 0 Å². The van der Waals surface area contributed by atoms with E-state index < -0.39 is 5.97 Å². The molecule has 1 heterocycles. The highest BCUT2D eigenvalue weighted by atomic mass is 79.9. The molecule has 1 amide bonds. The number of carboxylic acids is 1. The van der Waals surface area contributed by atoms with E-state index in [1.165, 1.54) is 0 Å². The van der Waals surface area contributed by atoms with Gasteiger partial charge in [0.15, 0.2) is 0 Å². The Hall–Kier alpha value is -1.36. The van der Waals surface area contributed by atoms with Crippen LogP contribution < -0.4 is 0 Å². The third-order valence-corrected chi connectivity index (χ3v) is 4.05. The Kier molecular flexibility index (Phi) is 4.58. The zero-order valence-electron chi connectivity index (χ0n) is 10.6. The van der Waals surface area contributed by atoms with Crippen LogP contribution in [0.1, 0.15) is 41.6 Å². The molecule has 2 rings (SSSR count). The van der Waals surface area contributed by atoms with Crippen molar-refractivity contribution in [1.29, 1.82) is 0 Å². The average molecular weight is 326 g/mol. The van der Waals surface area contributed by atoms with Crippen LogP contribution in [-0.4, -0.2) is 28.4 Å². The molecule has 1 aliphatic rings. The highest BCUT2D eigenvalue weighted by Crippen LogP contribution is 2.29. The summed E-state index contributed by atoms with van der Waals surface area (Å²) in [6.45, 7) is 1.34. The molecular weight excluding hydrogens is 310 g/mol. The lowest BCUT2D eigenvalue weighted by molar-refractivity contribution is -0.137. The summed E-state index contributed by atoms with van der Waals surface area (Å²) in [5, 5.41) is 8.55. The minimum Gasteiger partial charge on any atom is -0.481 e. The van der Waals surface area contributed by atoms with Gasteiger partial charge in [0, 0.05) is 29.5 Å². The molecule has 4 nitrogen and oxygen atoms in total. The summed E-state index contributed by atoms with van der Waals surface area (Å²) in [4.78, 5) is 24.3. The zero-order valence-corrected chi connectivity index (χ0v) is 12.1. The fourth-order valence-electron chi connectivity index (χ4n) is 2.29. The number of nitrogens with zero attached hydrogens (tertiary/aromatic N) is 1. The predicted octanol–water partition coefficient (Wildman–Crippen LogP) is 3.05. The summed E-state index contributed by atoms with van der Waals surface area (Å²) < 4.78 is 0.978. The van der Waals surface area contributed by atoms with E-state index in [4.69, 9.17) is 5.11 Å². The zero-order chi connectivity index (χ0) is 13.8. The van der Waals surface area contributed by atoms with Gasteiger partial charge in [-0.2, -0.15) is 0 Å². The number of hydrogen-bond donors (Lipinski definition) is 1. The monoisotopic (exact) mass is 325 g/mol.